The Morgan fingerprint density at radius 1 is 1.17 bits per heavy atom. The minimum Gasteiger partial charge on any atom is -0.368 e. The summed E-state index contributed by atoms with van der Waals surface area (Å²) in [6, 6.07) is 10.0. The molecule has 29 heavy (non-hydrogen) atoms. The molecule has 1 aromatic carbocycles. The molecule has 0 N–H and O–H groups in total. The van der Waals surface area contributed by atoms with Crippen molar-refractivity contribution in [1.82, 2.24) is 0 Å². The van der Waals surface area contributed by atoms with E-state index in [9.17, 15) is 0 Å². The smallest absolute Gasteiger partial charge is 0.192 e. The van der Waals surface area contributed by atoms with E-state index in [-0.39, 0.29) is 30.7 Å². The number of rotatable bonds is 5. The van der Waals surface area contributed by atoms with Gasteiger partial charge in [-0.3, -0.25) is 0 Å². The van der Waals surface area contributed by atoms with Gasteiger partial charge in [-0.05, 0) is 26.7 Å². The zero-order valence-corrected chi connectivity index (χ0v) is 17.5. The Kier molecular flexibility index (Phi) is 6.11. The lowest BCUT2D eigenvalue weighted by molar-refractivity contribution is -0.364. The average molecular weight is 405 g/mol. The Balaban J connectivity index is 1.50. The van der Waals surface area contributed by atoms with Crippen LogP contribution in [0.25, 0.3) is 0 Å². The molecule has 0 amide bonds. The Hall–Kier alpha value is -1.28. The fourth-order valence-corrected chi connectivity index (χ4v) is 4.62. The third-order valence-corrected chi connectivity index (χ3v) is 6.41. The molecule has 7 atom stereocenters. The number of hydrogen-bond donors (Lipinski definition) is 0. The highest BCUT2D eigenvalue weighted by Gasteiger charge is 2.56. The third-order valence-electron chi connectivity index (χ3n) is 6.41. The summed E-state index contributed by atoms with van der Waals surface area (Å²) < 4.78 is 37.1. The van der Waals surface area contributed by atoms with Gasteiger partial charge in [0, 0.05) is 19.1 Å². The maximum Gasteiger partial charge on any atom is 0.192 e. The molecule has 0 aliphatic carbocycles. The number of ether oxygens (including phenoxy) is 6. The first-order valence-corrected chi connectivity index (χ1v) is 10.4. The van der Waals surface area contributed by atoms with Gasteiger partial charge < -0.3 is 28.4 Å². The van der Waals surface area contributed by atoms with Crippen LogP contribution in [0, 0.1) is 0 Å². The van der Waals surface area contributed by atoms with E-state index in [4.69, 9.17) is 28.4 Å². The molecule has 0 bridgehead atoms. The van der Waals surface area contributed by atoms with Crippen LogP contribution >= 0.6 is 0 Å². The van der Waals surface area contributed by atoms with Gasteiger partial charge in [0.25, 0.3) is 0 Å². The lowest BCUT2D eigenvalue weighted by atomic mass is 9.84. The van der Waals surface area contributed by atoms with E-state index < -0.39 is 11.4 Å². The summed E-state index contributed by atoms with van der Waals surface area (Å²) in [6.45, 7) is 8.72. The first kappa shape index (κ1) is 21.0. The Morgan fingerprint density at radius 3 is 2.69 bits per heavy atom. The number of hydrogen-bond acceptors (Lipinski definition) is 6. The summed E-state index contributed by atoms with van der Waals surface area (Å²) >= 11 is 0. The number of methoxy groups -OCH3 is 1. The van der Waals surface area contributed by atoms with E-state index in [0.717, 1.165) is 18.4 Å². The Morgan fingerprint density at radius 2 is 1.97 bits per heavy atom. The third kappa shape index (κ3) is 4.15. The van der Waals surface area contributed by atoms with Crippen molar-refractivity contribution in [3.05, 3.63) is 48.6 Å². The minimum absolute atomic E-state index is 0.0404. The molecule has 3 saturated heterocycles. The maximum absolute atomic E-state index is 6.52. The molecule has 1 aromatic rings. The molecule has 0 spiro atoms. The highest BCUT2D eigenvalue weighted by atomic mass is 16.7. The van der Waals surface area contributed by atoms with Gasteiger partial charge in [0.05, 0.1) is 31.0 Å². The average Bonchev–Trinajstić information content (AvgIpc) is 2.88. The van der Waals surface area contributed by atoms with Crippen molar-refractivity contribution in [3.8, 4) is 0 Å². The van der Waals surface area contributed by atoms with Crippen LogP contribution in [0.3, 0.4) is 0 Å². The van der Waals surface area contributed by atoms with Gasteiger partial charge in [0.15, 0.2) is 12.1 Å². The Labute approximate surface area is 173 Å². The molecule has 6 nitrogen and oxygen atoms in total. The topological polar surface area (TPSA) is 55.4 Å². The molecule has 4 rings (SSSR count). The second kappa shape index (κ2) is 8.46. The summed E-state index contributed by atoms with van der Waals surface area (Å²) in [6.07, 6.45) is 3.16. The standard InChI is InChI=1S/C23H32O6/c1-5-13-25-20-14-19-22(2,29-23(20,3)24-4)12-11-17-18(27-19)15-26-21(28-17)16-9-7-6-8-10-16/h5-10,17-21H,1,11-15H2,2-4H3/t17-,18+,19-,20-,21+,22+,23-/m0/s1. The SMILES string of the molecule is C=CCO[C@H]1C[C@@H]2O[C@@H]3CO[C@@H](c4ccccc4)O[C@H]3CC[C@@]2(C)O[C@]1(C)OC. The Bertz CT molecular complexity index is 696. The van der Waals surface area contributed by atoms with Crippen LogP contribution in [0.4, 0.5) is 0 Å². The van der Waals surface area contributed by atoms with Gasteiger partial charge in [-0.2, -0.15) is 0 Å². The molecule has 3 fully saturated rings. The number of fused-ring (bicyclic) bond motifs is 2. The van der Waals surface area contributed by atoms with Crippen molar-refractivity contribution < 1.29 is 28.4 Å². The van der Waals surface area contributed by atoms with E-state index in [1.165, 1.54) is 0 Å². The van der Waals surface area contributed by atoms with Crippen molar-refractivity contribution in [3.63, 3.8) is 0 Å². The van der Waals surface area contributed by atoms with Gasteiger partial charge >= 0.3 is 0 Å². The van der Waals surface area contributed by atoms with Crippen LogP contribution in [0.2, 0.25) is 0 Å². The summed E-state index contributed by atoms with van der Waals surface area (Å²) in [4.78, 5) is 0. The van der Waals surface area contributed by atoms with Crippen LogP contribution in [-0.2, 0) is 28.4 Å². The van der Waals surface area contributed by atoms with Crippen molar-refractivity contribution in [2.45, 2.75) is 75.2 Å². The summed E-state index contributed by atoms with van der Waals surface area (Å²) in [7, 11) is 1.66. The van der Waals surface area contributed by atoms with Crippen molar-refractivity contribution in [1.29, 1.82) is 0 Å². The zero-order valence-electron chi connectivity index (χ0n) is 17.5. The fraction of sp³-hybridized carbons (Fsp3) is 0.652. The van der Waals surface area contributed by atoms with Gasteiger partial charge in [0.2, 0.25) is 0 Å². The molecule has 0 radical (unpaired) electrons. The van der Waals surface area contributed by atoms with E-state index in [1.807, 2.05) is 37.3 Å². The monoisotopic (exact) mass is 404 g/mol. The van der Waals surface area contributed by atoms with Gasteiger partial charge in [-0.25, -0.2) is 0 Å². The quantitative estimate of drug-likeness (QED) is 0.697. The minimum atomic E-state index is -0.836. The van der Waals surface area contributed by atoms with E-state index >= 15 is 0 Å². The van der Waals surface area contributed by atoms with E-state index in [2.05, 4.69) is 13.5 Å². The second-order valence-corrected chi connectivity index (χ2v) is 8.43. The van der Waals surface area contributed by atoms with Gasteiger partial charge in [-0.15, -0.1) is 6.58 Å². The molecule has 3 aliphatic heterocycles. The molecule has 160 valence electrons. The van der Waals surface area contributed by atoms with Gasteiger partial charge in [-0.1, -0.05) is 36.4 Å². The predicted octanol–water partition coefficient (Wildman–Crippen LogP) is 3.76. The molecule has 0 saturated carbocycles. The maximum atomic E-state index is 6.52. The largest absolute Gasteiger partial charge is 0.368 e. The first-order chi connectivity index (χ1) is 14.0. The lowest BCUT2D eigenvalue weighted by Gasteiger charge is -2.51. The van der Waals surface area contributed by atoms with E-state index in [1.54, 1.807) is 13.2 Å². The normalized spacial score (nSPS) is 42.4. The van der Waals surface area contributed by atoms with Crippen LogP contribution in [0.5, 0.6) is 0 Å². The summed E-state index contributed by atoms with van der Waals surface area (Å²) in [5.74, 6) is -0.836. The summed E-state index contributed by atoms with van der Waals surface area (Å²) in [5, 5.41) is 0. The molecule has 6 heteroatoms. The molecular weight excluding hydrogens is 372 g/mol. The lowest BCUT2D eigenvalue weighted by Crippen LogP contribution is -2.62. The molecular formula is C23H32O6. The molecule has 3 heterocycles. The van der Waals surface area contributed by atoms with E-state index in [0.29, 0.717) is 19.6 Å². The van der Waals surface area contributed by atoms with Crippen molar-refractivity contribution >= 4 is 0 Å². The fourth-order valence-electron chi connectivity index (χ4n) is 4.62. The predicted molar refractivity (Wildman–Crippen MR) is 107 cm³/mol. The highest BCUT2D eigenvalue weighted by Crippen LogP contribution is 2.45. The van der Waals surface area contributed by atoms with Crippen molar-refractivity contribution in [2.24, 2.45) is 0 Å². The summed E-state index contributed by atoms with van der Waals surface area (Å²) in [5.41, 5.74) is 0.543. The van der Waals surface area contributed by atoms with Crippen LogP contribution in [0.1, 0.15) is 45.0 Å². The zero-order chi connectivity index (χ0) is 20.5. The van der Waals surface area contributed by atoms with Crippen molar-refractivity contribution in [2.75, 3.05) is 20.3 Å². The molecule has 0 aromatic heterocycles. The van der Waals surface area contributed by atoms with Gasteiger partial charge in [0.1, 0.15) is 12.2 Å². The van der Waals surface area contributed by atoms with Crippen LogP contribution in [0.15, 0.2) is 43.0 Å². The molecule has 0 unspecified atom stereocenters. The van der Waals surface area contributed by atoms with Crippen LogP contribution in [-0.4, -0.2) is 56.1 Å². The highest BCUT2D eigenvalue weighted by molar-refractivity contribution is 5.16. The molecule has 3 aliphatic rings. The van der Waals surface area contributed by atoms with Crippen LogP contribution < -0.4 is 0 Å². The number of benzene rings is 1. The second-order valence-electron chi connectivity index (χ2n) is 8.43. The first-order valence-electron chi connectivity index (χ1n) is 10.4.